The van der Waals surface area contributed by atoms with Gasteiger partial charge < -0.3 is 13.9 Å². The molecule has 1 rings (SSSR count). The highest BCUT2D eigenvalue weighted by atomic mass is 16.6. The fourth-order valence-corrected chi connectivity index (χ4v) is 6.31. The molecule has 5 heteroatoms. The molecule has 0 aromatic carbocycles. The average Bonchev–Trinajstić information content (AvgIpc) is 3.54. The van der Waals surface area contributed by atoms with Crippen molar-refractivity contribution in [2.45, 2.75) is 233 Å². The third-order valence-corrected chi connectivity index (χ3v) is 9.44. The van der Waals surface area contributed by atoms with Crippen molar-refractivity contribution in [3.63, 3.8) is 0 Å². The van der Waals surface area contributed by atoms with Crippen LogP contribution >= 0.6 is 0 Å². The third-order valence-electron chi connectivity index (χ3n) is 9.44. The number of carbonyl (C=O) groups excluding carboxylic acids is 2. The molecule has 0 fully saturated rings. The number of hydrogen-bond acceptors (Lipinski definition) is 5. The van der Waals surface area contributed by atoms with E-state index in [4.69, 9.17) is 13.9 Å². The van der Waals surface area contributed by atoms with E-state index >= 15 is 0 Å². The van der Waals surface area contributed by atoms with Crippen molar-refractivity contribution in [3.8, 4) is 0 Å². The van der Waals surface area contributed by atoms with Crippen LogP contribution in [0.5, 0.6) is 0 Å². The summed E-state index contributed by atoms with van der Waals surface area (Å²) in [6.45, 7) is 4.81. The van der Waals surface area contributed by atoms with Crippen molar-refractivity contribution in [3.05, 3.63) is 23.7 Å². The maximum Gasteiger partial charge on any atom is 0.306 e. The highest BCUT2D eigenvalue weighted by molar-refractivity contribution is 5.69. The van der Waals surface area contributed by atoms with Crippen LogP contribution in [0.4, 0.5) is 0 Å². The molecule has 0 aliphatic carbocycles. The highest BCUT2D eigenvalue weighted by Gasteiger charge is 2.09. The number of furan rings is 1. The lowest BCUT2D eigenvalue weighted by atomic mass is 10.0. The Hall–Kier alpha value is -1.78. The number of carbonyl (C=O) groups is 2. The number of rotatable bonds is 36. The Bertz CT molecular complexity index is 751. The minimum atomic E-state index is -0.174. The molecule has 0 radical (unpaired) electrons. The first-order valence-corrected chi connectivity index (χ1v) is 20.5. The smallest absolute Gasteiger partial charge is 0.306 e. The van der Waals surface area contributed by atoms with E-state index in [1.165, 1.54) is 167 Å². The van der Waals surface area contributed by atoms with Gasteiger partial charge in [-0.3, -0.25) is 9.59 Å². The van der Waals surface area contributed by atoms with Gasteiger partial charge in [0.15, 0.2) is 0 Å². The highest BCUT2D eigenvalue weighted by Crippen LogP contribution is 2.17. The minimum absolute atomic E-state index is 0.130. The summed E-state index contributed by atoms with van der Waals surface area (Å²) in [7, 11) is 0. The van der Waals surface area contributed by atoms with Crippen LogP contribution in [0.3, 0.4) is 0 Å². The quantitative estimate of drug-likeness (QED) is 0.0529. The first kappa shape index (κ1) is 43.2. The molecule has 274 valence electrons. The lowest BCUT2D eigenvalue weighted by Gasteiger charge is -2.05. The van der Waals surface area contributed by atoms with Crippen LogP contribution in [0.1, 0.15) is 231 Å². The van der Waals surface area contributed by atoms with E-state index in [0.29, 0.717) is 24.4 Å². The second kappa shape index (κ2) is 34.1. The lowest BCUT2D eigenvalue weighted by molar-refractivity contribution is -0.145. The molecule has 47 heavy (non-hydrogen) atoms. The summed E-state index contributed by atoms with van der Waals surface area (Å²) in [6, 6.07) is 3.58. The van der Waals surface area contributed by atoms with E-state index in [-0.39, 0.29) is 25.2 Å². The molecule has 1 aromatic heterocycles. The third kappa shape index (κ3) is 30.0. The van der Waals surface area contributed by atoms with E-state index in [1.807, 2.05) is 0 Å². The first-order valence-electron chi connectivity index (χ1n) is 20.5. The zero-order valence-electron chi connectivity index (χ0n) is 31.2. The van der Waals surface area contributed by atoms with Crippen molar-refractivity contribution >= 4 is 11.9 Å². The van der Waals surface area contributed by atoms with Gasteiger partial charge in [-0.05, 0) is 25.0 Å². The number of ether oxygens (including phenoxy) is 2. The van der Waals surface area contributed by atoms with Gasteiger partial charge in [0.1, 0.15) is 24.7 Å². The normalized spacial score (nSPS) is 11.3. The van der Waals surface area contributed by atoms with Gasteiger partial charge in [-0.1, -0.05) is 194 Å². The monoisotopic (exact) mass is 661 g/mol. The Balaban J connectivity index is 1.88. The molecule has 0 amide bonds. The van der Waals surface area contributed by atoms with Crippen LogP contribution in [0, 0.1) is 0 Å². The summed E-state index contributed by atoms with van der Waals surface area (Å²) in [5.74, 6) is 0.826. The molecule has 0 bridgehead atoms. The van der Waals surface area contributed by atoms with Crippen LogP contribution in [0.15, 0.2) is 16.5 Å². The standard InChI is InChI=1S/C42H76O5/c1-3-5-7-9-11-13-15-17-19-21-23-25-27-29-31-33-41(43)45-37-39-35-36-40(47-39)38-46-42(44)34-32-30-28-26-24-22-20-18-16-14-12-10-8-6-4-2/h35-36H,3-34,37-38H2,1-2H3. The molecule has 0 aliphatic heterocycles. The van der Waals surface area contributed by atoms with Crippen molar-refractivity contribution in [2.24, 2.45) is 0 Å². The van der Waals surface area contributed by atoms with Crippen LogP contribution < -0.4 is 0 Å². The molecule has 0 saturated heterocycles. The predicted octanol–water partition coefficient (Wildman–Crippen LogP) is 13.9. The van der Waals surface area contributed by atoms with Crippen molar-refractivity contribution in [2.75, 3.05) is 0 Å². The Morgan fingerprint density at radius 1 is 0.404 bits per heavy atom. The van der Waals surface area contributed by atoms with E-state index in [2.05, 4.69) is 13.8 Å². The van der Waals surface area contributed by atoms with Gasteiger partial charge in [0.25, 0.3) is 0 Å². The van der Waals surface area contributed by atoms with Gasteiger partial charge in [0.05, 0.1) is 0 Å². The van der Waals surface area contributed by atoms with Crippen molar-refractivity contribution in [1.82, 2.24) is 0 Å². The molecule has 1 aromatic rings. The number of esters is 2. The summed E-state index contributed by atoms with van der Waals surface area (Å²) in [4.78, 5) is 24.2. The average molecular weight is 661 g/mol. The molecular formula is C42H76O5. The maximum atomic E-state index is 12.1. The largest absolute Gasteiger partial charge is 0.459 e. The number of hydrogen-bond donors (Lipinski definition) is 0. The molecule has 0 aliphatic rings. The zero-order valence-corrected chi connectivity index (χ0v) is 31.2. The summed E-state index contributed by atoms with van der Waals surface area (Å²) in [6.07, 6.45) is 40.3. The summed E-state index contributed by atoms with van der Waals surface area (Å²) < 4.78 is 16.5. The molecular weight excluding hydrogens is 584 g/mol. The van der Waals surface area contributed by atoms with Crippen LogP contribution in [0.25, 0.3) is 0 Å². The number of unbranched alkanes of at least 4 members (excludes halogenated alkanes) is 28. The molecule has 0 spiro atoms. The molecule has 0 saturated carbocycles. The molecule has 0 N–H and O–H groups in total. The Labute approximate surface area is 291 Å². The van der Waals surface area contributed by atoms with E-state index < -0.39 is 0 Å². The van der Waals surface area contributed by atoms with Crippen LogP contribution in [-0.2, 0) is 32.3 Å². The van der Waals surface area contributed by atoms with Gasteiger partial charge in [-0.2, -0.15) is 0 Å². The molecule has 1 heterocycles. The molecule has 0 atom stereocenters. The second-order valence-corrected chi connectivity index (χ2v) is 14.1. The second-order valence-electron chi connectivity index (χ2n) is 14.1. The van der Waals surface area contributed by atoms with E-state index in [9.17, 15) is 9.59 Å². The first-order chi connectivity index (χ1) is 23.2. The summed E-state index contributed by atoms with van der Waals surface area (Å²) in [5, 5.41) is 0. The van der Waals surface area contributed by atoms with Crippen molar-refractivity contribution in [1.29, 1.82) is 0 Å². The molecule has 5 nitrogen and oxygen atoms in total. The lowest BCUT2D eigenvalue weighted by Crippen LogP contribution is -2.04. The molecule has 0 unspecified atom stereocenters. The zero-order chi connectivity index (χ0) is 33.9. The minimum Gasteiger partial charge on any atom is -0.459 e. The van der Waals surface area contributed by atoms with E-state index in [1.54, 1.807) is 12.1 Å². The Kier molecular flexibility index (Phi) is 31.4. The van der Waals surface area contributed by atoms with Gasteiger partial charge in [-0.15, -0.1) is 0 Å². The fraction of sp³-hybridized carbons (Fsp3) is 0.857. The SMILES string of the molecule is CCCCCCCCCCCCCCCCCC(=O)OCc1ccc(COC(=O)CCCCCCCCCCCCCCCCC)o1. The topological polar surface area (TPSA) is 65.7 Å². The Morgan fingerprint density at radius 2 is 0.638 bits per heavy atom. The van der Waals surface area contributed by atoms with E-state index in [0.717, 1.165) is 25.7 Å². The van der Waals surface area contributed by atoms with Crippen LogP contribution in [-0.4, -0.2) is 11.9 Å². The van der Waals surface area contributed by atoms with Gasteiger partial charge in [0.2, 0.25) is 0 Å². The van der Waals surface area contributed by atoms with Gasteiger partial charge >= 0.3 is 11.9 Å². The summed E-state index contributed by atoms with van der Waals surface area (Å²) in [5.41, 5.74) is 0. The fourth-order valence-electron chi connectivity index (χ4n) is 6.31. The van der Waals surface area contributed by atoms with Gasteiger partial charge in [0, 0.05) is 12.8 Å². The van der Waals surface area contributed by atoms with Crippen molar-refractivity contribution < 1.29 is 23.5 Å². The summed E-state index contributed by atoms with van der Waals surface area (Å²) >= 11 is 0. The van der Waals surface area contributed by atoms with Gasteiger partial charge in [-0.25, -0.2) is 0 Å². The Morgan fingerprint density at radius 3 is 0.894 bits per heavy atom. The maximum absolute atomic E-state index is 12.1. The predicted molar refractivity (Wildman–Crippen MR) is 197 cm³/mol. The van der Waals surface area contributed by atoms with Crippen LogP contribution in [0.2, 0.25) is 0 Å².